The van der Waals surface area contributed by atoms with Crippen LogP contribution in [-0.2, 0) is 6.61 Å². The Labute approximate surface area is 131 Å². The molecule has 110 valence electrons. The van der Waals surface area contributed by atoms with Crippen molar-refractivity contribution >= 4 is 29.2 Å². The molecule has 0 radical (unpaired) electrons. The number of rotatable bonds is 5. The molecule has 0 aliphatic rings. The molecule has 1 N–H and O–H groups in total. The van der Waals surface area contributed by atoms with Gasteiger partial charge in [0, 0.05) is 0 Å². The van der Waals surface area contributed by atoms with Gasteiger partial charge in [-0.15, -0.1) is 0 Å². The SMILES string of the molecule is COc1ccc(OCc2ccc(Cl)c(Cl)c2)c(C(=O)O)c1. The van der Waals surface area contributed by atoms with E-state index in [1.54, 1.807) is 30.3 Å². The molecule has 2 aromatic carbocycles. The van der Waals surface area contributed by atoms with Crippen LogP contribution >= 0.6 is 23.2 Å². The Morgan fingerprint density at radius 1 is 1.14 bits per heavy atom. The molecular weight excluding hydrogens is 315 g/mol. The lowest BCUT2D eigenvalue weighted by atomic mass is 10.2. The zero-order valence-corrected chi connectivity index (χ0v) is 12.6. The van der Waals surface area contributed by atoms with Gasteiger partial charge in [0.05, 0.1) is 17.2 Å². The smallest absolute Gasteiger partial charge is 0.339 e. The third kappa shape index (κ3) is 3.80. The fourth-order valence-electron chi connectivity index (χ4n) is 1.72. The number of methoxy groups -OCH3 is 1. The quantitative estimate of drug-likeness (QED) is 0.890. The second kappa shape index (κ2) is 6.70. The van der Waals surface area contributed by atoms with Gasteiger partial charge in [-0.2, -0.15) is 0 Å². The summed E-state index contributed by atoms with van der Waals surface area (Å²) in [7, 11) is 1.47. The van der Waals surface area contributed by atoms with Crippen molar-refractivity contribution in [2.24, 2.45) is 0 Å². The van der Waals surface area contributed by atoms with Gasteiger partial charge in [0.25, 0.3) is 0 Å². The summed E-state index contributed by atoms with van der Waals surface area (Å²) in [5.41, 5.74) is 0.825. The summed E-state index contributed by atoms with van der Waals surface area (Å²) in [5.74, 6) is -0.373. The number of ether oxygens (including phenoxy) is 2. The maximum Gasteiger partial charge on any atom is 0.339 e. The van der Waals surface area contributed by atoms with Crippen molar-refractivity contribution in [3.63, 3.8) is 0 Å². The lowest BCUT2D eigenvalue weighted by Gasteiger charge is -2.11. The molecule has 4 nitrogen and oxygen atoms in total. The highest BCUT2D eigenvalue weighted by Crippen LogP contribution is 2.26. The molecular formula is C15H12Cl2O4. The van der Waals surface area contributed by atoms with Crippen LogP contribution in [0.2, 0.25) is 10.0 Å². The summed E-state index contributed by atoms with van der Waals surface area (Å²) in [6.07, 6.45) is 0. The van der Waals surface area contributed by atoms with E-state index < -0.39 is 5.97 Å². The number of carboxylic acid groups (broad SMARTS) is 1. The molecule has 2 aromatic rings. The third-order valence-electron chi connectivity index (χ3n) is 2.80. The van der Waals surface area contributed by atoms with Gasteiger partial charge in [-0.25, -0.2) is 4.79 Å². The molecule has 0 aliphatic heterocycles. The standard InChI is InChI=1S/C15H12Cl2O4/c1-20-10-3-5-14(11(7-10)15(18)19)21-8-9-2-4-12(16)13(17)6-9/h2-7H,8H2,1H3,(H,18,19). The average Bonchev–Trinajstić information content (AvgIpc) is 2.48. The summed E-state index contributed by atoms with van der Waals surface area (Å²) in [6.45, 7) is 0.184. The molecule has 6 heteroatoms. The van der Waals surface area contributed by atoms with Crippen molar-refractivity contribution in [3.05, 3.63) is 57.6 Å². The van der Waals surface area contributed by atoms with Gasteiger partial charge >= 0.3 is 5.97 Å². The predicted octanol–water partition coefficient (Wildman–Crippen LogP) is 4.28. The van der Waals surface area contributed by atoms with Crippen molar-refractivity contribution in [1.82, 2.24) is 0 Å². The van der Waals surface area contributed by atoms with E-state index in [4.69, 9.17) is 32.7 Å². The minimum atomic E-state index is -1.09. The highest BCUT2D eigenvalue weighted by molar-refractivity contribution is 6.42. The van der Waals surface area contributed by atoms with Crippen LogP contribution < -0.4 is 9.47 Å². The largest absolute Gasteiger partial charge is 0.497 e. The minimum absolute atomic E-state index is 0.0365. The molecule has 0 saturated carbocycles. The van der Waals surface area contributed by atoms with Gasteiger partial charge in [-0.3, -0.25) is 0 Å². The fraction of sp³-hybridized carbons (Fsp3) is 0.133. The van der Waals surface area contributed by atoms with Gasteiger partial charge in [0.2, 0.25) is 0 Å². The number of benzene rings is 2. The Morgan fingerprint density at radius 2 is 1.90 bits per heavy atom. The number of aromatic carboxylic acids is 1. The number of carbonyl (C=O) groups is 1. The van der Waals surface area contributed by atoms with E-state index in [0.29, 0.717) is 15.8 Å². The molecule has 2 rings (SSSR count). The van der Waals surface area contributed by atoms with Crippen LogP contribution in [0.1, 0.15) is 15.9 Å². The van der Waals surface area contributed by atoms with Crippen molar-refractivity contribution in [3.8, 4) is 11.5 Å². The zero-order chi connectivity index (χ0) is 15.4. The first-order valence-corrected chi connectivity index (χ1v) is 6.75. The molecule has 0 unspecified atom stereocenters. The van der Waals surface area contributed by atoms with E-state index in [1.165, 1.54) is 13.2 Å². The van der Waals surface area contributed by atoms with E-state index >= 15 is 0 Å². The lowest BCUT2D eigenvalue weighted by molar-refractivity contribution is 0.0691. The van der Waals surface area contributed by atoms with Crippen LogP contribution in [0.4, 0.5) is 0 Å². The second-order valence-corrected chi connectivity index (χ2v) is 5.02. The van der Waals surface area contributed by atoms with E-state index in [-0.39, 0.29) is 17.9 Å². The van der Waals surface area contributed by atoms with Crippen LogP contribution in [0, 0.1) is 0 Å². The van der Waals surface area contributed by atoms with E-state index in [0.717, 1.165) is 5.56 Å². The van der Waals surface area contributed by atoms with Crippen molar-refractivity contribution in [2.75, 3.05) is 7.11 Å². The van der Waals surface area contributed by atoms with Crippen molar-refractivity contribution < 1.29 is 19.4 Å². The first-order valence-electron chi connectivity index (χ1n) is 5.99. The van der Waals surface area contributed by atoms with Gasteiger partial charge in [-0.05, 0) is 35.9 Å². The Bertz CT molecular complexity index is 671. The topological polar surface area (TPSA) is 55.8 Å². The molecule has 0 aliphatic carbocycles. The van der Waals surface area contributed by atoms with Gasteiger partial charge in [0.1, 0.15) is 23.7 Å². The summed E-state index contributed by atoms with van der Waals surface area (Å²) in [4.78, 5) is 11.2. The summed E-state index contributed by atoms with van der Waals surface area (Å²) < 4.78 is 10.5. The van der Waals surface area contributed by atoms with Crippen molar-refractivity contribution in [2.45, 2.75) is 6.61 Å². The van der Waals surface area contributed by atoms with Gasteiger partial charge in [0.15, 0.2) is 0 Å². The normalized spacial score (nSPS) is 10.2. The Hall–Kier alpha value is -1.91. The number of hydrogen-bond acceptors (Lipinski definition) is 3. The second-order valence-electron chi connectivity index (χ2n) is 4.20. The van der Waals surface area contributed by atoms with E-state index in [9.17, 15) is 9.90 Å². The molecule has 0 atom stereocenters. The van der Waals surface area contributed by atoms with Crippen LogP contribution in [0.5, 0.6) is 11.5 Å². The van der Waals surface area contributed by atoms with E-state index in [2.05, 4.69) is 0 Å². The third-order valence-corrected chi connectivity index (χ3v) is 3.53. The maximum atomic E-state index is 11.2. The fourth-order valence-corrected chi connectivity index (χ4v) is 2.04. The van der Waals surface area contributed by atoms with E-state index in [1.807, 2.05) is 0 Å². The highest BCUT2D eigenvalue weighted by Gasteiger charge is 2.13. The highest BCUT2D eigenvalue weighted by atomic mass is 35.5. The molecule has 0 bridgehead atoms. The molecule has 0 spiro atoms. The molecule has 0 heterocycles. The molecule has 0 fully saturated rings. The molecule has 0 saturated heterocycles. The van der Waals surface area contributed by atoms with Crippen LogP contribution in [-0.4, -0.2) is 18.2 Å². The maximum absolute atomic E-state index is 11.2. The summed E-state index contributed by atoms with van der Waals surface area (Å²) in [6, 6.07) is 9.70. The average molecular weight is 327 g/mol. The Balaban J connectivity index is 2.19. The molecule has 0 aromatic heterocycles. The van der Waals surface area contributed by atoms with Crippen LogP contribution in [0.3, 0.4) is 0 Å². The first kappa shape index (κ1) is 15.5. The number of hydrogen-bond donors (Lipinski definition) is 1. The molecule has 0 amide bonds. The Kier molecular flexibility index (Phi) is 4.94. The number of carboxylic acids is 1. The monoisotopic (exact) mass is 326 g/mol. The van der Waals surface area contributed by atoms with Gasteiger partial charge < -0.3 is 14.6 Å². The molecule has 21 heavy (non-hydrogen) atoms. The van der Waals surface area contributed by atoms with Gasteiger partial charge in [-0.1, -0.05) is 29.3 Å². The Morgan fingerprint density at radius 3 is 2.52 bits per heavy atom. The predicted molar refractivity (Wildman–Crippen MR) is 80.7 cm³/mol. The summed E-state index contributed by atoms with van der Waals surface area (Å²) in [5, 5.41) is 10.1. The minimum Gasteiger partial charge on any atom is -0.497 e. The lowest BCUT2D eigenvalue weighted by Crippen LogP contribution is -2.04. The van der Waals surface area contributed by atoms with Crippen LogP contribution in [0.15, 0.2) is 36.4 Å². The first-order chi connectivity index (χ1) is 10.0. The number of halogens is 2. The van der Waals surface area contributed by atoms with Crippen molar-refractivity contribution in [1.29, 1.82) is 0 Å². The summed E-state index contributed by atoms with van der Waals surface area (Å²) >= 11 is 11.8. The zero-order valence-electron chi connectivity index (χ0n) is 11.1. The van der Waals surface area contributed by atoms with Crippen LogP contribution in [0.25, 0.3) is 0 Å².